The summed E-state index contributed by atoms with van der Waals surface area (Å²) in [7, 11) is 0. The van der Waals surface area contributed by atoms with Gasteiger partial charge in [0.1, 0.15) is 5.69 Å². The van der Waals surface area contributed by atoms with Crippen molar-refractivity contribution >= 4 is 5.91 Å². The summed E-state index contributed by atoms with van der Waals surface area (Å²) >= 11 is 0. The van der Waals surface area contributed by atoms with Crippen molar-refractivity contribution in [2.75, 3.05) is 13.1 Å². The number of nitrogens with two attached hydrogens (primary N) is 1. The molecule has 3 rings (SSSR count). The van der Waals surface area contributed by atoms with Crippen LogP contribution in [0.25, 0.3) is 0 Å². The minimum absolute atomic E-state index is 0.0804. The molecule has 2 heterocycles. The van der Waals surface area contributed by atoms with Gasteiger partial charge in [0.2, 0.25) is 6.43 Å². The zero-order valence-electron chi connectivity index (χ0n) is 14.3. The van der Waals surface area contributed by atoms with Crippen molar-refractivity contribution < 1.29 is 13.6 Å². The molecule has 132 valence electrons. The third-order valence-electron chi connectivity index (χ3n) is 5.40. The van der Waals surface area contributed by atoms with E-state index in [1.807, 2.05) is 0 Å². The maximum Gasteiger partial charge on any atom is 0.267 e. The van der Waals surface area contributed by atoms with Gasteiger partial charge in [0.25, 0.3) is 5.91 Å². The SMILES string of the molecule is CC1(C)CCc2c(CN3CCCC(C(F)F)C3)cc(C(N)=O)nc21. The Morgan fingerprint density at radius 3 is 2.92 bits per heavy atom. The number of hydrogen-bond acceptors (Lipinski definition) is 3. The molecule has 1 saturated heterocycles. The number of carbonyl (C=O) groups is 1. The van der Waals surface area contributed by atoms with Crippen LogP contribution >= 0.6 is 0 Å². The summed E-state index contributed by atoms with van der Waals surface area (Å²) in [6.07, 6.45) is 0.995. The number of primary amides is 1. The van der Waals surface area contributed by atoms with Crippen molar-refractivity contribution in [3.05, 3.63) is 28.6 Å². The van der Waals surface area contributed by atoms with Crippen LogP contribution in [-0.4, -0.2) is 35.3 Å². The zero-order valence-corrected chi connectivity index (χ0v) is 14.3. The molecule has 1 aromatic heterocycles. The molecular weight excluding hydrogens is 312 g/mol. The van der Waals surface area contributed by atoms with E-state index in [-0.39, 0.29) is 11.1 Å². The third kappa shape index (κ3) is 3.29. The summed E-state index contributed by atoms with van der Waals surface area (Å²) < 4.78 is 26.1. The molecule has 4 nitrogen and oxygen atoms in total. The number of amides is 1. The van der Waals surface area contributed by atoms with Gasteiger partial charge in [-0.2, -0.15) is 0 Å². The van der Waals surface area contributed by atoms with Gasteiger partial charge in [-0.3, -0.25) is 9.69 Å². The maximum atomic E-state index is 13.0. The van der Waals surface area contributed by atoms with Gasteiger partial charge in [0.15, 0.2) is 0 Å². The fourth-order valence-corrected chi connectivity index (χ4v) is 3.97. The molecule has 0 spiro atoms. The van der Waals surface area contributed by atoms with E-state index in [9.17, 15) is 13.6 Å². The van der Waals surface area contributed by atoms with Crippen LogP contribution in [0.3, 0.4) is 0 Å². The molecule has 1 aliphatic heterocycles. The molecule has 6 heteroatoms. The number of halogens is 2. The van der Waals surface area contributed by atoms with Gasteiger partial charge in [-0.1, -0.05) is 13.8 Å². The van der Waals surface area contributed by atoms with E-state index in [2.05, 4.69) is 23.7 Å². The summed E-state index contributed by atoms with van der Waals surface area (Å²) in [6, 6.07) is 1.76. The monoisotopic (exact) mass is 337 g/mol. The number of piperidine rings is 1. The number of fused-ring (bicyclic) bond motifs is 1. The predicted molar refractivity (Wildman–Crippen MR) is 88.1 cm³/mol. The largest absolute Gasteiger partial charge is 0.364 e. The fraction of sp³-hybridized carbons (Fsp3) is 0.667. The lowest BCUT2D eigenvalue weighted by Crippen LogP contribution is -2.38. The number of hydrogen-bond donors (Lipinski definition) is 1. The van der Waals surface area contributed by atoms with Crippen molar-refractivity contribution in [1.29, 1.82) is 0 Å². The highest BCUT2D eigenvalue weighted by atomic mass is 19.3. The van der Waals surface area contributed by atoms with Gasteiger partial charge >= 0.3 is 0 Å². The molecule has 0 saturated carbocycles. The Labute approximate surface area is 141 Å². The molecule has 1 amide bonds. The highest BCUT2D eigenvalue weighted by Gasteiger charge is 2.35. The van der Waals surface area contributed by atoms with E-state index in [4.69, 9.17) is 5.73 Å². The van der Waals surface area contributed by atoms with E-state index < -0.39 is 18.3 Å². The summed E-state index contributed by atoms with van der Waals surface area (Å²) in [4.78, 5) is 18.2. The second-order valence-electron chi connectivity index (χ2n) is 7.71. The number of likely N-dealkylation sites (tertiary alicyclic amines) is 1. The van der Waals surface area contributed by atoms with Crippen molar-refractivity contribution in [3.63, 3.8) is 0 Å². The minimum atomic E-state index is -2.27. The third-order valence-corrected chi connectivity index (χ3v) is 5.40. The first kappa shape index (κ1) is 17.3. The Kier molecular flexibility index (Phi) is 4.60. The van der Waals surface area contributed by atoms with Crippen LogP contribution in [0.15, 0.2) is 6.07 Å². The molecule has 1 unspecified atom stereocenters. The normalized spacial score (nSPS) is 23.5. The van der Waals surface area contributed by atoms with Gasteiger partial charge in [-0.25, -0.2) is 13.8 Å². The van der Waals surface area contributed by atoms with Crippen LogP contribution in [0.2, 0.25) is 0 Å². The number of nitrogens with zero attached hydrogens (tertiary/aromatic N) is 2. The Bertz CT molecular complexity index is 645. The summed E-state index contributed by atoms with van der Waals surface area (Å²) in [5.41, 5.74) is 8.78. The van der Waals surface area contributed by atoms with Crippen molar-refractivity contribution in [2.45, 2.75) is 57.9 Å². The van der Waals surface area contributed by atoms with Gasteiger partial charge < -0.3 is 5.73 Å². The first-order valence-corrected chi connectivity index (χ1v) is 8.61. The molecule has 1 aliphatic carbocycles. The Hall–Kier alpha value is -1.56. The standard InChI is InChI=1S/C18H25F2N3O/c1-18(2)6-5-13-12(8-14(17(21)24)22-15(13)18)10-23-7-3-4-11(9-23)16(19)20/h8,11,16H,3-7,9-10H2,1-2H3,(H2,21,24). The molecule has 2 N–H and O–H groups in total. The van der Waals surface area contributed by atoms with Crippen LogP contribution in [0, 0.1) is 5.92 Å². The van der Waals surface area contributed by atoms with Crippen molar-refractivity contribution in [3.8, 4) is 0 Å². The smallest absolute Gasteiger partial charge is 0.267 e. The molecular formula is C18H25F2N3O. The van der Waals surface area contributed by atoms with Crippen LogP contribution in [0.4, 0.5) is 8.78 Å². The minimum Gasteiger partial charge on any atom is -0.364 e. The molecule has 0 radical (unpaired) electrons. The first-order valence-electron chi connectivity index (χ1n) is 8.61. The highest BCUT2D eigenvalue weighted by molar-refractivity contribution is 5.91. The molecule has 1 atom stereocenters. The summed E-state index contributed by atoms with van der Waals surface area (Å²) in [5, 5.41) is 0. The summed E-state index contributed by atoms with van der Waals surface area (Å²) in [6.45, 7) is 6.05. The lowest BCUT2D eigenvalue weighted by molar-refractivity contribution is 0.0253. The zero-order chi connectivity index (χ0) is 17.5. The van der Waals surface area contributed by atoms with Gasteiger partial charge in [0.05, 0.1) is 5.69 Å². The van der Waals surface area contributed by atoms with E-state index in [1.54, 1.807) is 6.07 Å². The second-order valence-corrected chi connectivity index (χ2v) is 7.71. The van der Waals surface area contributed by atoms with Crippen LogP contribution in [0.5, 0.6) is 0 Å². The first-order chi connectivity index (χ1) is 11.3. The van der Waals surface area contributed by atoms with Crippen molar-refractivity contribution in [2.24, 2.45) is 11.7 Å². The van der Waals surface area contributed by atoms with Crippen LogP contribution in [0.1, 0.15) is 60.4 Å². The highest BCUT2D eigenvalue weighted by Crippen LogP contribution is 2.39. The number of pyridine rings is 1. The predicted octanol–water partition coefficient (Wildman–Crippen LogP) is 2.88. The fourth-order valence-electron chi connectivity index (χ4n) is 3.97. The molecule has 1 aromatic rings. The average Bonchev–Trinajstić information content (AvgIpc) is 2.83. The molecule has 24 heavy (non-hydrogen) atoms. The summed E-state index contributed by atoms with van der Waals surface area (Å²) in [5.74, 6) is -1.09. The maximum absolute atomic E-state index is 13.0. The lowest BCUT2D eigenvalue weighted by atomic mass is 9.90. The molecule has 0 bridgehead atoms. The van der Waals surface area contributed by atoms with Gasteiger partial charge in [-0.05, 0) is 49.4 Å². The lowest BCUT2D eigenvalue weighted by Gasteiger charge is -2.32. The van der Waals surface area contributed by atoms with E-state index in [0.717, 1.165) is 37.1 Å². The van der Waals surface area contributed by atoms with Crippen LogP contribution in [-0.2, 0) is 18.4 Å². The van der Waals surface area contributed by atoms with Crippen LogP contribution < -0.4 is 5.73 Å². The average molecular weight is 337 g/mol. The number of alkyl halides is 2. The Balaban J connectivity index is 1.89. The van der Waals surface area contributed by atoms with Gasteiger partial charge in [0, 0.05) is 24.4 Å². The number of carbonyl (C=O) groups excluding carboxylic acids is 1. The Morgan fingerprint density at radius 2 is 2.25 bits per heavy atom. The molecule has 0 aromatic carbocycles. The van der Waals surface area contributed by atoms with Gasteiger partial charge in [-0.15, -0.1) is 0 Å². The topological polar surface area (TPSA) is 59.2 Å². The quantitative estimate of drug-likeness (QED) is 0.919. The molecule has 2 aliphatic rings. The van der Waals surface area contributed by atoms with Crippen molar-refractivity contribution in [1.82, 2.24) is 9.88 Å². The molecule has 1 fully saturated rings. The number of aromatic nitrogens is 1. The number of rotatable bonds is 4. The van der Waals surface area contributed by atoms with E-state index in [1.165, 1.54) is 5.56 Å². The Morgan fingerprint density at radius 1 is 1.50 bits per heavy atom. The van der Waals surface area contributed by atoms with E-state index in [0.29, 0.717) is 19.5 Å². The van der Waals surface area contributed by atoms with E-state index >= 15 is 0 Å². The second kappa shape index (κ2) is 6.39.